The summed E-state index contributed by atoms with van der Waals surface area (Å²) < 4.78 is 10.8. The fourth-order valence-corrected chi connectivity index (χ4v) is 3.15. The number of rotatable bonds is 7. The molecule has 1 aliphatic heterocycles. The molecule has 0 fully saturated rings. The molecule has 2 aromatic carbocycles. The van der Waals surface area contributed by atoms with Gasteiger partial charge >= 0.3 is 5.97 Å². The Labute approximate surface area is 168 Å². The third kappa shape index (κ3) is 4.11. The predicted molar refractivity (Wildman–Crippen MR) is 103 cm³/mol. The maximum absolute atomic E-state index is 12.7. The first kappa shape index (κ1) is 20.1. The first-order valence-electron chi connectivity index (χ1n) is 9.20. The van der Waals surface area contributed by atoms with Crippen molar-refractivity contribution in [1.29, 1.82) is 5.26 Å². The summed E-state index contributed by atoms with van der Waals surface area (Å²) in [6.45, 7) is 3.57. The minimum atomic E-state index is -1.02. The van der Waals surface area contributed by atoms with Crippen LogP contribution >= 0.6 is 0 Å². The summed E-state index contributed by atoms with van der Waals surface area (Å²) in [5, 5.41) is 8.78. The molecule has 2 aromatic rings. The number of carbonyl (C=O) groups excluding carboxylic acids is 3. The van der Waals surface area contributed by atoms with Crippen LogP contribution in [0.25, 0.3) is 0 Å². The van der Waals surface area contributed by atoms with E-state index in [1.807, 2.05) is 6.07 Å². The molecule has 1 aliphatic rings. The summed E-state index contributed by atoms with van der Waals surface area (Å²) in [7, 11) is 0. The van der Waals surface area contributed by atoms with E-state index >= 15 is 0 Å². The zero-order valence-electron chi connectivity index (χ0n) is 16.1. The minimum absolute atomic E-state index is 0.0365. The molecular weight excluding hydrogens is 372 g/mol. The highest BCUT2D eigenvalue weighted by molar-refractivity contribution is 6.22. The lowest BCUT2D eigenvalue weighted by Crippen LogP contribution is -2.48. The molecule has 0 saturated heterocycles. The van der Waals surface area contributed by atoms with Crippen molar-refractivity contribution in [3.05, 3.63) is 65.2 Å². The SMILES string of the molecule is CC(C)[C@@H](C(=O)OCCOc1ccc(C#N)cc1)N1C(=O)c2ccccc2C1=O. The molecule has 0 unspecified atom stereocenters. The van der Waals surface area contributed by atoms with Crippen LogP contribution in [0.4, 0.5) is 0 Å². The number of imide groups is 1. The van der Waals surface area contributed by atoms with E-state index in [1.165, 1.54) is 0 Å². The summed E-state index contributed by atoms with van der Waals surface area (Å²) in [6.07, 6.45) is 0. The number of benzene rings is 2. The van der Waals surface area contributed by atoms with Crippen LogP contribution in [0.15, 0.2) is 48.5 Å². The summed E-state index contributed by atoms with van der Waals surface area (Å²) >= 11 is 0. The third-order valence-electron chi connectivity index (χ3n) is 4.56. The average molecular weight is 392 g/mol. The van der Waals surface area contributed by atoms with Gasteiger partial charge in [0.25, 0.3) is 11.8 Å². The largest absolute Gasteiger partial charge is 0.490 e. The highest BCUT2D eigenvalue weighted by Gasteiger charge is 2.44. The van der Waals surface area contributed by atoms with E-state index < -0.39 is 23.8 Å². The van der Waals surface area contributed by atoms with Gasteiger partial charge in [0.1, 0.15) is 25.0 Å². The molecule has 0 spiro atoms. The van der Waals surface area contributed by atoms with Gasteiger partial charge in [-0.1, -0.05) is 26.0 Å². The zero-order valence-corrected chi connectivity index (χ0v) is 16.1. The Balaban J connectivity index is 1.61. The number of amides is 2. The molecule has 7 nitrogen and oxygen atoms in total. The van der Waals surface area contributed by atoms with Gasteiger partial charge in [-0.15, -0.1) is 0 Å². The smallest absolute Gasteiger partial charge is 0.329 e. The van der Waals surface area contributed by atoms with Crippen LogP contribution in [0.3, 0.4) is 0 Å². The Morgan fingerprint density at radius 1 is 1.00 bits per heavy atom. The molecular formula is C22H20N2O5. The predicted octanol–water partition coefficient (Wildman–Crippen LogP) is 2.80. The van der Waals surface area contributed by atoms with Gasteiger partial charge in [0.05, 0.1) is 22.8 Å². The summed E-state index contributed by atoms with van der Waals surface area (Å²) in [5.74, 6) is -1.41. The number of nitrogens with zero attached hydrogens (tertiary/aromatic N) is 2. The van der Waals surface area contributed by atoms with Gasteiger partial charge < -0.3 is 9.47 Å². The van der Waals surface area contributed by atoms with Crippen LogP contribution in [0.5, 0.6) is 5.75 Å². The Hall–Kier alpha value is -3.66. The molecule has 1 heterocycles. The molecule has 0 aliphatic carbocycles. The molecule has 0 saturated carbocycles. The lowest BCUT2D eigenvalue weighted by Gasteiger charge is -2.27. The molecule has 0 radical (unpaired) electrons. The van der Waals surface area contributed by atoms with Crippen molar-refractivity contribution in [2.75, 3.05) is 13.2 Å². The molecule has 0 N–H and O–H groups in total. The molecule has 148 valence electrons. The third-order valence-corrected chi connectivity index (χ3v) is 4.56. The van der Waals surface area contributed by atoms with E-state index in [4.69, 9.17) is 14.7 Å². The van der Waals surface area contributed by atoms with Crippen molar-refractivity contribution in [1.82, 2.24) is 4.90 Å². The Bertz CT molecular complexity index is 940. The normalized spacial score (nSPS) is 13.8. The van der Waals surface area contributed by atoms with Crippen molar-refractivity contribution in [3.8, 4) is 11.8 Å². The molecule has 29 heavy (non-hydrogen) atoms. The fourth-order valence-electron chi connectivity index (χ4n) is 3.15. The number of hydrogen-bond acceptors (Lipinski definition) is 6. The van der Waals surface area contributed by atoms with E-state index in [2.05, 4.69) is 0 Å². The highest BCUT2D eigenvalue weighted by atomic mass is 16.6. The van der Waals surface area contributed by atoms with Gasteiger partial charge in [0, 0.05) is 0 Å². The Morgan fingerprint density at radius 2 is 1.59 bits per heavy atom. The molecule has 2 amide bonds. The van der Waals surface area contributed by atoms with Crippen LogP contribution in [0.2, 0.25) is 0 Å². The quantitative estimate of drug-likeness (QED) is 0.408. The zero-order chi connectivity index (χ0) is 21.0. The maximum Gasteiger partial charge on any atom is 0.329 e. The summed E-state index contributed by atoms with van der Waals surface area (Å²) in [5.41, 5.74) is 1.10. The van der Waals surface area contributed by atoms with Crippen molar-refractivity contribution in [2.24, 2.45) is 5.92 Å². The van der Waals surface area contributed by atoms with Gasteiger partial charge in [-0.05, 0) is 42.3 Å². The summed E-state index contributed by atoms with van der Waals surface area (Å²) in [4.78, 5) is 39.0. The van der Waals surface area contributed by atoms with E-state index in [-0.39, 0.29) is 19.1 Å². The first-order valence-corrected chi connectivity index (χ1v) is 9.20. The molecule has 0 bridgehead atoms. The number of carbonyl (C=O) groups is 3. The Morgan fingerprint density at radius 3 is 2.10 bits per heavy atom. The van der Waals surface area contributed by atoms with E-state index in [1.54, 1.807) is 62.4 Å². The van der Waals surface area contributed by atoms with E-state index in [0.717, 1.165) is 4.90 Å². The number of nitriles is 1. The van der Waals surface area contributed by atoms with Crippen molar-refractivity contribution < 1.29 is 23.9 Å². The van der Waals surface area contributed by atoms with Gasteiger partial charge in [0.15, 0.2) is 0 Å². The first-order chi connectivity index (χ1) is 13.9. The monoisotopic (exact) mass is 392 g/mol. The van der Waals surface area contributed by atoms with E-state index in [0.29, 0.717) is 22.4 Å². The van der Waals surface area contributed by atoms with Crippen LogP contribution in [0, 0.1) is 17.2 Å². The molecule has 3 rings (SSSR count). The topological polar surface area (TPSA) is 96.7 Å². The van der Waals surface area contributed by atoms with Crippen LogP contribution < -0.4 is 4.74 Å². The lowest BCUT2D eigenvalue weighted by atomic mass is 10.0. The van der Waals surface area contributed by atoms with Crippen molar-refractivity contribution in [2.45, 2.75) is 19.9 Å². The van der Waals surface area contributed by atoms with Crippen molar-refractivity contribution in [3.63, 3.8) is 0 Å². The number of hydrogen-bond donors (Lipinski definition) is 0. The number of fused-ring (bicyclic) bond motifs is 1. The van der Waals surface area contributed by atoms with Gasteiger partial charge in [-0.2, -0.15) is 5.26 Å². The summed E-state index contributed by atoms with van der Waals surface area (Å²) in [6, 6.07) is 14.0. The minimum Gasteiger partial charge on any atom is -0.490 e. The van der Waals surface area contributed by atoms with E-state index in [9.17, 15) is 14.4 Å². The number of ether oxygens (including phenoxy) is 2. The molecule has 0 aromatic heterocycles. The highest BCUT2D eigenvalue weighted by Crippen LogP contribution is 2.27. The van der Waals surface area contributed by atoms with Gasteiger partial charge in [-0.25, -0.2) is 4.79 Å². The van der Waals surface area contributed by atoms with Crippen LogP contribution in [-0.4, -0.2) is 41.9 Å². The molecule has 1 atom stereocenters. The van der Waals surface area contributed by atoms with Crippen LogP contribution in [0.1, 0.15) is 40.1 Å². The van der Waals surface area contributed by atoms with Gasteiger partial charge in [0.2, 0.25) is 0 Å². The number of esters is 1. The van der Waals surface area contributed by atoms with Crippen LogP contribution in [-0.2, 0) is 9.53 Å². The fraction of sp³-hybridized carbons (Fsp3) is 0.273. The maximum atomic E-state index is 12.7. The van der Waals surface area contributed by atoms with Crippen molar-refractivity contribution >= 4 is 17.8 Å². The molecule has 7 heteroatoms. The second-order valence-corrected chi connectivity index (χ2v) is 6.87. The Kier molecular flexibility index (Phi) is 5.93. The standard InChI is InChI=1S/C22H20N2O5/c1-14(2)19(24-20(25)17-5-3-4-6-18(17)21(24)26)22(27)29-12-11-28-16-9-7-15(13-23)8-10-16/h3-10,14,19H,11-12H2,1-2H3/t19-/m0/s1. The average Bonchev–Trinajstić information content (AvgIpc) is 2.97. The lowest BCUT2D eigenvalue weighted by molar-refractivity contribution is -0.150. The second-order valence-electron chi connectivity index (χ2n) is 6.87. The van der Waals surface area contributed by atoms with Gasteiger partial charge in [-0.3, -0.25) is 14.5 Å². The second kappa shape index (κ2) is 8.57.